The fourth-order valence-corrected chi connectivity index (χ4v) is 3.80. The van der Waals surface area contributed by atoms with Gasteiger partial charge in [-0.2, -0.15) is 0 Å². The molecule has 0 aliphatic heterocycles. The SMILES string of the molecule is CC(C)(C)[S@@](=O)c1ccccc1OCc1cccc2ccccc12. The summed E-state index contributed by atoms with van der Waals surface area (Å²) in [6.45, 7) is 6.39. The molecule has 0 N–H and O–H groups in total. The van der Waals surface area contributed by atoms with Crippen molar-refractivity contribution in [3.63, 3.8) is 0 Å². The quantitative estimate of drug-likeness (QED) is 0.643. The Morgan fingerprint density at radius 2 is 1.54 bits per heavy atom. The zero-order valence-electron chi connectivity index (χ0n) is 14.3. The maximum atomic E-state index is 12.7. The van der Waals surface area contributed by atoms with Crippen molar-refractivity contribution in [2.24, 2.45) is 0 Å². The smallest absolute Gasteiger partial charge is 0.135 e. The third kappa shape index (κ3) is 3.51. The molecule has 0 aromatic heterocycles. The third-order valence-corrected chi connectivity index (χ3v) is 5.72. The molecule has 1 atom stereocenters. The van der Waals surface area contributed by atoms with Gasteiger partial charge in [0.1, 0.15) is 12.4 Å². The van der Waals surface area contributed by atoms with Crippen molar-refractivity contribution in [3.8, 4) is 5.75 Å². The zero-order chi connectivity index (χ0) is 17.2. The van der Waals surface area contributed by atoms with E-state index in [1.54, 1.807) is 0 Å². The van der Waals surface area contributed by atoms with Gasteiger partial charge in [-0.05, 0) is 49.2 Å². The van der Waals surface area contributed by atoms with Crippen molar-refractivity contribution in [2.75, 3.05) is 0 Å². The highest BCUT2D eigenvalue weighted by Crippen LogP contribution is 2.29. The Bertz CT molecular complexity index is 873. The summed E-state index contributed by atoms with van der Waals surface area (Å²) < 4.78 is 18.5. The lowest BCUT2D eigenvalue weighted by molar-refractivity contribution is 0.299. The van der Waals surface area contributed by atoms with Gasteiger partial charge in [0, 0.05) is 4.75 Å². The Kier molecular flexibility index (Phi) is 4.72. The maximum absolute atomic E-state index is 12.7. The molecule has 0 aliphatic rings. The van der Waals surface area contributed by atoms with Crippen LogP contribution in [0.15, 0.2) is 71.6 Å². The van der Waals surface area contributed by atoms with Crippen molar-refractivity contribution in [1.82, 2.24) is 0 Å². The minimum absolute atomic E-state index is 0.321. The summed E-state index contributed by atoms with van der Waals surface area (Å²) in [5.41, 5.74) is 1.13. The van der Waals surface area contributed by atoms with Crippen LogP contribution in [0.3, 0.4) is 0 Å². The van der Waals surface area contributed by atoms with Crippen molar-refractivity contribution >= 4 is 21.6 Å². The van der Waals surface area contributed by atoms with Gasteiger partial charge in [0.15, 0.2) is 0 Å². The van der Waals surface area contributed by atoms with E-state index in [1.807, 2.05) is 63.2 Å². The van der Waals surface area contributed by atoms with E-state index in [4.69, 9.17) is 4.74 Å². The first-order valence-corrected chi connectivity index (χ1v) is 9.22. The van der Waals surface area contributed by atoms with E-state index in [0.29, 0.717) is 12.4 Å². The van der Waals surface area contributed by atoms with Crippen LogP contribution in [0.2, 0.25) is 0 Å². The fraction of sp³-hybridized carbons (Fsp3) is 0.238. The standard InChI is InChI=1S/C21H22O2S/c1-21(2,3)24(22)20-14-7-6-13-19(20)23-15-17-11-8-10-16-9-4-5-12-18(16)17/h4-14H,15H2,1-3H3/t24-/m0/s1. The van der Waals surface area contributed by atoms with Gasteiger partial charge in [0.2, 0.25) is 0 Å². The molecule has 3 heteroatoms. The summed E-state index contributed by atoms with van der Waals surface area (Å²) in [7, 11) is -1.12. The lowest BCUT2D eigenvalue weighted by Crippen LogP contribution is -2.22. The predicted molar refractivity (Wildman–Crippen MR) is 101 cm³/mol. The lowest BCUT2D eigenvalue weighted by atomic mass is 10.1. The molecular formula is C21H22O2S. The number of para-hydroxylation sites is 1. The molecule has 0 fully saturated rings. The summed E-state index contributed by atoms with van der Waals surface area (Å²) in [5, 5.41) is 2.39. The minimum Gasteiger partial charge on any atom is -0.488 e. The van der Waals surface area contributed by atoms with Gasteiger partial charge >= 0.3 is 0 Å². The number of hydrogen-bond donors (Lipinski definition) is 0. The molecule has 0 unspecified atom stereocenters. The number of rotatable bonds is 4. The highest BCUT2D eigenvalue weighted by Gasteiger charge is 2.24. The number of fused-ring (bicyclic) bond motifs is 1. The van der Waals surface area contributed by atoms with Crippen LogP contribution < -0.4 is 4.74 Å². The highest BCUT2D eigenvalue weighted by atomic mass is 32.2. The van der Waals surface area contributed by atoms with Crippen LogP contribution >= 0.6 is 0 Å². The van der Waals surface area contributed by atoms with Crippen LogP contribution in [0.25, 0.3) is 10.8 Å². The van der Waals surface area contributed by atoms with E-state index in [-0.39, 0.29) is 4.75 Å². The van der Waals surface area contributed by atoms with Gasteiger partial charge in [0.25, 0.3) is 0 Å². The molecule has 0 aliphatic carbocycles. The molecular weight excluding hydrogens is 316 g/mol. The topological polar surface area (TPSA) is 26.3 Å². The monoisotopic (exact) mass is 338 g/mol. The van der Waals surface area contributed by atoms with Gasteiger partial charge in [0.05, 0.1) is 15.7 Å². The molecule has 0 radical (unpaired) electrons. The predicted octanol–water partition coefficient (Wildman–Crippen LogP) is 5.32. The van der Waals surface area contributed by atoms with Crippen molar-refractivity contribution in [1.29, 1.82) is 0 Å². The number of benzene rings is 3. The molecule has 0 saturated heterocycles. The summed E-state index contributed by atoms with van der Waals surface area (Å²) in [5.74, 6) is 0.693. The third-order valence-electron chi connectivity index (χ3n) is 3.87. The molecule has 0 saturated carbocycles. The van der Waals surface area contributed by atoms with E-state index in [0.717, 1.165) is 10.5 Å². The highest BCUT2D eigenvalue weighted by molar-refractivity contribution is 7.86. The maximum Gasteiger partial charge on any atom is 0.135 e. The van der Waals surface area contributed by atoms with Gasteiger partial charge in [-0.15, -0.1) is 0 Å². The molecule has 3 aromatic carbocycles. The molecule has 2 nitrogen and oxygen atoms in total. The van der Waals surface area contributed by atoms with E-state index in [1.165, 1.54) is 10.8 Å². The minimum atomic E-state index is -1.12. The van der Waals surface area contributed by atoms with E-state index >= 15 is 0 Å². The fourth-order valence-electron chi connectivity index (χ4n) is 2.63. The first-order chi connectivity index (χ1) is 11.5. The molecule has 24 heavy (non-hydrogen) atoms. The average molecular weight is 338 g/mol. The Labute approximate surface area is 145 Å². The Balaban J connectivity index is 1.89. The summed E-state index contributed by atoms with van der Waals surface area (Å²) in [4.78, 5) is 0.755. The summed E-state index contributed by atoms with van der Waals surface area (Å²) in [6, 6.07) is 22.1. The summed E-state index contributed by atoms with van der Waals surface area (Å²) >= 11 is 0. The molecule has 3 aromatic rings. The van der Waals surface area contributed by atoms with Gasteiger partial charge in [-0.1, -0.05) is 54.6 Å². The first-order valence-electron chi connectivity index (χ1n) is 8.07. The normalized spacial score (nSPS) is 13.0. The average Bonchev–Trinajstić information content (AvgIpc) is 2.58. The second-order valence-electron chi connectivity index (χ2n) is 6.75. The molecule has 0 bridgehead atoms. The lowest BCUT2D eigenvalue weighted by Gasteiger charge is -2.20. The molecule has 0 heterocycles. The molecule has 0 spiro atoms. The number of hydrogen-bond acceptors (Lipinski definition) is 2. The second-order valence-corrected chi connectivity index (χ2v) is 8.96. The Hall–Kier alpha value is -2.13. The Morgan fingerprint density at radius 1 is 0.875 bits per heavy atom. The van der Waals surface area contributed by atoms with Crippen LogP contribution in [-0.4, -0.2) is 8.96 Å². The van der Waals surface area contributed by atoms with Crippen LogP contribution in [0, 0.1) is 0 Å². The van der Waals surface area contributed by atoms with E-state index in [9.17, 15) is 4.21 Å². The van der Waals surface area contributed by atoms with Crippen molar-refractivity contribution < 1.29 is 8.95 Å². The zero-order valence-corrected chi connectivity index (χ0v) is 15.1. The largest absolute Gasteiger partial charge is 0.488 e. The number of ether oxygens (including phenoxy) is 1. The molecule has 0 amide bonds. The Morgan fingerprint density at radius 3 is 2.33 bits per heavy atom. The van der Waals surface area contributed by atoms with Crippen molar-refractivity contribution in [3.05, 3.63) is 72.3 Å². The van der Waals surface area contributed by atoms with Crippen molar-refractivity contribution in [2.45, 2.75) is 37.0 Å². The molecule has 3 rings (SSSR count). The van der Waals surface area contributed by atoms with Gasteiger partial charge in [-0.3, -0.25) is 4.21 Å². The second kappa shape index (κ2) is 6.78. The van der Waals surface area contributed by atoms with Crippen LogP contribution in [0.5, 0.6) is 5.75 Å². The molecule has 124 valence electrons. The van der Waals surface area contributed by atoms with Crippen LogP contribution in [0.4, 0.5) is 0 Å². The van der Waals surface area contributed by atoms with Crippen LogP contribution in [-0.2, 0) is 17.4 Å². The van der Waals surface area contributed by atoms with E-state index in [2.05, 4.69) is 24.3 Å². The summed E-state index contributed by atoms with van der Waals surface area (Å²) in [6.07, 6.45) is 0. The van der Waals surface area contributed by atoms with Gasteiger partial charge in [-0.25, -0.2) is 0 Å². The van der Waals surface area contributed by atoms with E-state index < -0.39 is 10.8 Å². The van der Waals surface area contributed by atoms with Crippen LogP contribution in [0.1, 0.15) is 26.3 Å². The van der Waals surface area contributed by atoms with Gasteiger partial charge < -0.3 is 4.74 Å². The first kappa shape index (κ1) is 16.7.